The number of esters is 2. The Morgan fingerprint density at radius 3 is 2.12 bits per heavy atom. The highest BCUT2D eigenvalue weighted by Crippen LogP contribution is 2.47. The number of nitrogens with zero attached hydrogens (tertiary/aromatic N) is 1. The van der Waals surface area contributed by atoms with Gasteiger partial charge in [0.2, 0.25) is 0 Å². The Bertz CT molecular complexity index is 1370. The minimum Gasteiger partial charge on any atom is -0.469 e. The van der Waals surface area contributed by atoms with Crippen LogP contribution in [0.5, 0.6) is 0 Å². The Hall–Kier alpha value is -4.21. The normalized spacial score (nSPS) is 23.1. The highest BCUT2D eigenvalue weighted by Gasteiger charge is 2.57. The van der Waals surface area contributed by atoms with Crippen LogP contribution in [0.15, 0.2) is 78.9 Å². The molecule has 9 nitrogen and oxygen atoms in total. The van der Waals surface area contributed by atoms with Crippen molar-refractivity contribution in [2.45, 2.75) is 37.2 Å². The fraction of sp³-hybridized carbons (Fsp3) is 0.323. The maximum absolute atomic E-state index is 13.5. The van der Waals surface area contributed by atoms with Crippen LogP contribution in [0.2, 0.25) is 0 Å². The first-order chi connectivity index (χ1) is 19.5. The van der Waals surface area contributed by atoms with Crippen LogP contribution in [0.3, 0.4) is 0 Å². The van der Waals surface area contributed by atoms with E-state index in [0.717, 1.165) is 32.9 Å². The molecule has 0 bridgehead atoms. The highest BCUT2D eigenvalue weighted by molar-refractivity contribution is 5.82. The third-order valence-electron chi connectivity index (χ3n) is 7.71. The number of hydroxylamine groups is 2. The maximum atomic E-state index is 13.5. The molecule has 40 heavy (non-hydrogen) atoms. The second-order valence-electron chi connectivity index (χ2n) is 10.2. The first-order valence-electron chi connectivity index (χ1n) is 13.2. The molecule has 0 unspecified atom stereocenters. The number of ether oxygens (including phenoxy) is 4. The molecule has 1 saturated carbocycles. The Morgan fingerprint density at radius 2 is 1.48 bits per heavy atom. The third kappa shape index (κ3) is 4.82. The lowest BCUT2D eigenvalue weighted by atomic mass is 9.78. The second-order valence-corrected chi connectivity index (χ2v) is 10.2. The van der Waals surface area contributed by atoms with Crippen LogP contribution < -0.4 is 0 Å². The second kappa shape index (κ2) is 10.7. The monoisotopic (exact) mass is 543 g/mol. The van der Waals surface area contributed by atoms with Crippen LogP contribution in [0.4, 0.5) is 4.79 Å². The average molecular weight is 544 g/mol. The Balaban J connectivity index is 1.18. The molecule has 2 fully saturated rings. The number of hydrogen-bond acceptors (Lipinski definition) is 8. The van der Waals surface area contributed by atoms with Gasteiger partial charge in [-0.15, -0.1) is 0 Å². The van der Waals surface area contributed by atoms with Gasteiger partial charge in [0.1, 0.15) is 13.2 Å². The van der Waals surface area contributed by atoms with E-state index in [1.165, 1.54) is 7.11 Å². The molecule has 206 valence electrons. The Kier molecular flexibility index (Phi) is 7.00. The molecule has 9 heteroatoms. The Morgan fingerprint density at radius 1 is 0.850 bits per heavy atom. The van der Waals surface area contributed by atoms with Crippen molar-refractivity contribution >= 4 is 18.0 Å². The van der Waals surface area contributed by atoms with E-state index in [0.29, 0.717) is 0 Å². The Labute approximate surface area is 231 Å². The van der Waals surface area contributed by atoms with Crippen molar-refractivity contribution in [3.8, 4) is 11.1 Å². The minimum atomic E-state index is -1.22. The van der Waals surface area contributed by atoms with Crippen molar-refractivity contribution < 1.29 is 38.2 Å². The van der Waals surface area contributed by atoms with Crippen molar-refractivity contribution in [1.82, 2.24) is 5.06 Å². The molecule has 1 heterocycles. The van der Waals surface area contributed by atoms with Gasteiger partial charge in [0.15, 0.2) is 11.8 Å². The minimum absolute atomic E-state index is 0.0320. The molecule has 3 aliphatic rings. The SMILES string of the molecule is COC(=O)C1CC2(C1)OC[C@@H](C(=O)OCc1ccccc1)N(C(=O)OCC1c3ccccc3-c3ccccc31)O2. The predicted molar refractivity (Wildman–Crippen MR) is 141 cm³/mol. The summed E-state index contributed by atoms with van der Waals surface area (Å²) in [7, 11) is 1.32. The van der Waals surface area contributed by atoms with Crippen molar-refractivity contribution in [2.24, 2.45) is 5.92 Å². The molecule has 6 rings (SSSR count). The summed E-state index contributed by atoms with van der Waals surface area (Å²) in [5.74, 6) is -2.87. The smallest absolute Gasteiger partial charge is 0.435 e. The van der Waals surface area contributed by atoms with E-state index in [9.17, 15) is 14.4 Å². The summed E-state index contributed by atoms with van der Waals surface area (Å²) in [5.41, 5.74) is 5.14. The van der Waals surface area contributed by atoms with Gasteiger partial charge < -0.3 is 18.9 Å². The average Bonchev–Trinajstić information content (AvgIpc) is 3.30. The summed E-state index contributed by atoms with van der Waals surface area (Å²) in [6.07, 6.45) is -0.440. The van der Waals surface area contributed by atoms with E-state index < -0.39 is 29.8 Å². The lowest BCUT2D eigenvalue weighted by Gasteiger charge is -2.50. The lowest BCUT2D eigenvalue weighted by molar-refractivity contribution is -0.410. The topological polar surface area (TPSA) is 101 Å². The summed E-state index contributed by atoms with van der Waals surface area (Å²) in [6, 6.07) is 24.1. The lowest BCUT2D eigenvalue weighted by Crippen LogP contribution is -2.64. The highest BCUT2D eigenvalue weighted by atomic mass is 16.8. The van der Waals surface area contributed by atoms with E-state index in [1.807, 2.05) is 66.7 Å². The molecule has 0 aromatic heterocycles. The summed E-state index contributed by atoms with van der Waals surface area (Å²) in [5, 5.41) is 0.914. The van der Waals surface area contributed by atoms with Crippen molar-refractivity contribution in [3.05, 3.63) is 95.6 Å². The van der Waals surface area contributed by atoms with E-state index in [4.69, 9.17) is 23.8 Å². The molecule has 0 radical (unpaired) electrons. The fourth-order valence-electron chi connectivity index (χ4n) is 5.60. The molecule has 1 amide bonds. The van der Waals surface area contributed by atoms with Gasteiger partial charge in [-0.05, 0) is 27.8 Å². The molecule has 0 N–H and O–H groups in total. The molecular weight excluding hydrogens is 514 g/mol. The number of amides is 1. The van der Waals surface area contributed by atoms with Gasteiger partial charge in [0.25, 0.3) is 0 Å². The van der Waals surface area contributed by atoms with Crippen LogP contribution in [0.25, 0.3) is 11.1 Å². The number of fused-ring (bicyclic) bond motifs is 3. The van der Waals surface area contributed by atoms with Gasteiger partial charge in [-0.2, -0.15) is 5.06 Å². The van der Waals surface area contributed by atoms with Crippen LogP contribution in [0, 0.1) is 5.92 Å². The molecule has 3 aromatic carbocycles. The number of benzene rings is 3. The quantitative estimate of drug-likeness (QED) is 0.329. The summed E-state index contributed by atoms with van der Waals surface area (Å²) >= 11 is 0. The molecule has 1 atom stereocenters. The largest absolute Gasteiger partial charge is 0.469 e. The third-order valence-corrected chi connectivity index (χ3v) is 7.71. The standard InChI is InChI=1S/C31H29NO8/c1-36-28(33)21-15-31(16-21)39-19-27(29(34)37-17-20-9-3-2-4-10-20)32(40-31)30(35)38-18-26-24-13-7-5-11-22(24)23-12-6-8-14-25(23)26/h2-14,21,26-27H,15-19H2,1H3/t21?,27-,31?/m0/s1. The van der Waals surface area contributed by atoms with Gasteiger partial charge >= 0.3 is 18.0 Å². The number of hydrogen-bond donors (Lipinski definition) is 0. The zero-order valence-corrected chi connectivity index (χ0v) is 22.0. The van der Waals surface area contributed by atoms with Crippen LogP contribution >= 0.6 is 0 Å². The maximum Gasteiger partial charge on any atom is 0.435 e. The summed E-state index contributed by atoms with van der Waals surface area (Å²) in [4.78, 5) is 44.5. The predicted octanol–water partition coefficient (Wildman–Crippen LogP) is 4.59. The van der Waals surface area contributed by atoms with Crippen LogP contribution in [-0.2, 0) is 40.0 Å². The zero-order valence-electron chi connectivity index (χ0n) is 22.0. The number of carbonyl (C=O) groups excluding carboxylic acids is 3. The van der Waals surface area contributed by atoms with Crippen LogP contribution in [0.1, 0.15) is 35.4 Å². The molecule has 2 aliphatic carbocycles. The van der Waals surface area contributed by atoms with E-state index >= 15 is 0 Å². The van der Waals surface area contributed by atoms with Gasteiger partial charge in [-0.1, -0.05) is 78.9 Å². The zero-order chi connectivity index (χ0) is 27.7. The van der Waals surface area contributed by atoms with Gasteiger partial charge in [-0.25, -0.2) is 14.4 Å². The van der Waals surface area contributed by atoms with Crippen molar-refractivity contribution in [1.29, 1.82) is 0 Å². The summed E-state index contributed by atoms with van der Waals surface area (Å²) in [6.45, 7) is -0.0763. The van der Waals surface area contributed by atoms with E-state index in [1.54, 1.807) is 0 Å². The fourth-order valence-corrected chi connectivity index (χ4v) is 5.60. The van der Waals surface area contributed by atoms with Crippen LogP contribution in [-0.4, -0.2) is 55.2 Å². The number of methoxy groups -OCH3 is 1. The first-order valence-corrected chi connectivity index (χ1v) is 13.2. The number of carbonyl (C=O) groups is 3. The number of rotatable bonds is 6. The van der Waals surface area contributed by atoms with Crippen molar-refractivity contribution in [3.63, 3.8) is 0 Å². The van der Waals surface area contributed by atoms with Gasteiger partial charge in [0, 0.05) is 18.8 Å². The van der Waals surface area contributed by atoms with E-state index in [2.05, 4.69) is 12.1 Å². The first kappa shape index (κ1) is 26.0. The molecular formula is C31H29NO8. The van der Waals surface area contributed by atoms with Gasteiger partial charge in [-0.3, -0.25) is 4.79 Å². The summed E-state index contributed by atoms with van der Waals surface area (Å²) < 4.78 is 22.0. The van der Waals surface area contributed by atoms with Gasteiger partial charge in [0.05, 0.1) is 19.6 Å². The molecule has 1 aliphatic heterocycles. The molecule has 3 aromatic rings. The molecule has 1 spiro atoms. The molecule has 1 saturated heterocycles. The van der Waals surface area contributed by atoms with E-state index in [-0.39, 0.29) is 44.5 Å². The van der Waals surface area contributed by atoms with Crippen molar-refractivity contribution in [2.75, 3.05) is 20.3 Å².